The van der Waals surface area contributed by atoms with Crippen LogP contribution in [0.1, 0.15) is 11.1 Å². The zero-order chi connectivity index (χ0) is 14.7. The molecule has 0 saturated heterocycles. The second kappa shape index (κ2) is 5.88. The zero-order valence-corrected chi connectivity index (χ0v) is 11.4. The first-order valence-electron chi connectivity index (χ1n) is 5.90. The first-order valence-corrected chi connectivity index (χ1v) is 6.28. The van der Waals surface area contributed by atoms with Gasteiger partial charge in [0, 0.05) is 28.9 Å². The van der Waals surface area contributed by atoms with Crippen molar-refractivity contribution < 1.29 is 9.31 Å². The van der Waals surface area contributed by atoms with Gasteiger partial charge in [0.05, 0.1) is 4.92 Å². The third kappa shape index (κ3) is 3.24. The molecule has 0 saturated carbocycles. The molecule has 2 rings (SSSR count). The van der Waals surface area contributed by atoms with Crippen LogP contribution in [-0.4, -0.2) is 4.92 Å². The van der Waals surface area contributed by atoms with E-state index in [1.807, 2.05) is 0 Å². The predicted octanol–water partition coefficient (Wildman–Crippen LogP) is 4.31. The van der Waals surface area contributed by atoms with Gasteiger partial charge in [-0.25, -0.2) is 4.39 Å². The summed E-state index contributed by atoms with van der Waals surface area (Å²) in [4.78, 5) is 10.5. The van der Waals surface area contributed by atoms with Crippen molar-refractivity contribution in [2.45, 2.75) is 13.5 Å². The van der Waals surface area contributed by atoms with E-state index in [1.54, 1.807) is 25.1 Å². The van der Waals surface area contributed by atoms with Crippen molar-refractivity contribution in [1.82, 2.24) is 0 Å². The molecule has 6 heteroatoms. The van der Waals surface area contributed by atoms with E-state index >= 15 is 0 Å². The summed E-state index contributed by atoms with van der Waals surface area (Å²) in [5, 5.41) is 14.3. The predicted molar refractivity (Wildman–Crippen MR) is 76.6 cm³/mol. The van der Waals surface area contributed by atoms with Crippen molar-refractivity contribution in [2.75, 3.05) is 5.32 Å². The first kappa shape index (κ1) is 14.3. The molecule has 0 bridgehead atoms. The summed E-state index contributed by atoms with van der Waals surface area (Å²) in [5.74, 6) is -0.314. The molecule has 20 heavy (non-hydrogen) atoms. The molecular weight excluding hydrogens is 283 g/mol. The van der Waals surface area contributed by atoms with E-state index in [9.17, 15) is 14.5 Å². The van der Waals surface area contributed by atoms with Crippen LogP contribution in [0.2, 0.25) is 5.02 Å². The van der Waals surface area contributed by atoms with Gasteiger partial charge in [-0.15, -0.1) is 0 Å². The molecule has 0 aromatic heterocycles. The van der Waals surface area contributed by atoms with E-state index < -0.39 is 4.92 Å². The Balaban J connectivity index is 2.20. The van der Waals surface area contributed by atoms with Gasteiger partial charge in [0.25, 0.3) is 5.69 Å². The van der Waals surface area contributed by atoms with E-state index in [1.165, 1.54) is 18.2 Å². The van der Waals surface area contributed by atoms with E-state index in [4.69, 9.17) is 11.6 Å². The number of nitrogens with one attached hydrogen (secondary N) is 1. The number of hydrogen-bond acceptors (Lipinski definition) is 3. The lowest BCUT2D eigenvalue weighted by Crippen LogP contribution is -2.04. The van der Waals surface area contributed by atoms with Gasteiger partial charge in [0.1, 0.15) is 5.82 Å². The van der Waals surface area contributed by atoms with E-state index in [0.29, 0.717) is 10.6 Å². The Morgan fingerprint density at radius 2 is 2.05 bits per heavy atom. The second-order valence-electron chi connectivity index (χ2n) is 4.34. The molecule has 0 aliphatic carbocycles. The van der Waals surface area contributed by atoms with E-state index in [2.05, 4.69) is 5.32 Å². The molecule has 2 aromatic carbocycles. The lowest BCUT2D eigenvalue weighted by Gasteiger charge is -2.10. The van der Waals surface area contributed by atoms with Crippen molar-refractivity contribution >= 4 is 23.0 Å². The molecule has 0 heterocycles. The Labute approximate surface area is 120 Å². The van der Waals surface area contributed by atoms with Crippen LogP contribution in [0.4, 0.5) is 15.8 Å². The van der Waals surface area contributed by atoms with Crippen molar-refractivity contribution in [1.29, 1.82) is 0 Å². The number of benzene rings is 2. The van der Waals surface area contributed by atoms with Crippen LogP contribution in [0.3, 0.4) is 0 Å². The SMILES string of the molecule is Cc1cc(F)ccc1NCc1ccc(Cl)cc1[N+](=O)[O-]. The number of aryl methyl sites for hydroxylation is 1. The van der Waals surface area contributed by atoms with Gasteiger partial charge in [-0.2, -0.15) is 0 Å². The minimum atomic E-state index is -0.472. The number of anilines is 1. The molecule has 0 radical (unpaired) electrons. The van der Waals surface area contributed by atoms with Gasteiger partial charge in [0.2, 0.25) is 0 Å². The Morgan fingerprint density at radius 1 is 1.30 bits per heavy atom. The molecule has 4 nitrogen and oxygen atoms in total. The van der Waals surface area contributed by atoms with Crippen LogP contribution in [0.15, 0.2) is 36.4 Å². The van der Waals surface area contributed by atoms with Crippen LogP contribution < -0.4 is 5.32 Å². The number of halogens is 2. The summed E-state index contributed by atoms with van der Waals surface area (Å²) >= 11 is 5.75. The summed E-state index contributed by atoms with van der Waals surface area (Å²) in [5.41, 5.74) is 1.95. The van der Waals surface area contributed by atoms with Gasteiger partial charge in [-0.3, -0.25) is 10.1 Å². The highest BCUT2D eigenvalue weighted by atomic mass is 35.5. The first-order chi connectivity index (χ1) is 9.47. The summed E-state index contributed by atoms with van der Waals surface area (Å²) in [7, 11) is 0. The molecule has 0 aliphatic heterocycles. The fraction of sp³-hybridized carbons (Fsp3) is 0.143. The number of nitrogens with zero attached hydrogens (tertiary/aromatic N) is 1. The summed E-state index contributed by atoms with van der Waals surface area (Å²) in [6.07, 6.45) is 0. The molecule has 0 unspecified atom stereocenters. The standard InChI is InChI=1S/C14H12ClFN2O2/c1-9-6-12(16)4-5-13(9)17-8-10-2-3-11(15)7-14(10)18(19)20/h2-7,17H,8H2,1H3. The molecule has 0 fully saturated rings. The largest absolute Gasteiger partial charge is 0.380 e. The second-order valence-corrected chi connectivity index (χ2v) is 4.78. The Bertz CT molecular complexity index is 662. The summed E-state index contributed by atoms with van der Waals surface area (Å²) in [6, 6.07) is 8.86. The fourth-order valence-electron chi connectivity index (χ4n) is 1.87. The number of hydrogen-bond donors (Lipinski definition) is 1. The summed E-state index contributed by atoms with van der Waals surface area (Å²) < 4.78 is 13.0. The maximum atomic E-state index is 13.0. The van der Waals surface area contributed by atoms with E-state index in [0.717, 1.165) is 11.3 Å². The molecule has 0 aliphatic rings. The van der Waals surface area contributed by atoms with E-state index in [-0.39, 0.29) is 18.0 Å². The highest BCUT2D eigenvalue weighted by Crippen LogP contribution is 2.25. The molecule has 1 N–H and O–H groups in total. The van der Waals surface area contributed by atoms with Crippen molar-refractivity contribution in [2.24, 2.45) is 0 Å². The normalized spacial score (nSPS) is 10.3. The highest BCUT2D eigenvalue weighted by molar-refractivity contribution is 6.30. The number of nitro groups is 1. The maximum Gasteiger partial charge on any atom is 0.275 e. The van der Waals surface area contributed by atoms with Gasteiger partial charge >= 0.3 is 0 Å². The van der Waals surface area contributed by atoms with Crippen LogP contribution >= 0.6 is 11.6 Å². The van der Waals surface area contributed by atoms with Gasteiger partial charge in [-0.05, 0) is 42.8 Å². The third-order valence-electron chi connectivity index (χ3n) is 2.90. The average molecular weight is 295 g/mol. The summed E-state index contributed by atoms with van der Waals surface area (Å²) in [6.45, 7) is 2.03. The lowest BCUT2D eigenvalue weighted by atomic mass is 10.1. The lowest BCUT2D eigenvalue weighted by molar-refractivity contribution is -0.385. The van der Waals surface area contributed by atoms with Crippen LogP contribution in [0.25, 0.3) is 0 Å². The Kier molecular flexibility index (Phi) is 4.20. The number of rotatable bonds is 4. The molecule has 0 amide bonds. The van der Waals surface area contributed by atoms with Crippen LogP contribution in [0.5, 0.6) is 0 Å². The fourth-order valence-corrected chi connectivity index (χ4v) is 2.04. The number of nitro benzene ring substituents is 1. The molecule has 104 valence electrons. The molecule has 2 aromatic rings. The van der Waals surface area contributed by atoms with Gasteiger partial charge < -0.3 is 5.32 Å². The quantitative estimate of drug-likeness (QED) is 0.675. The Hall–Kier alpha value is -2.14. The minimum Gasteiger partial charge on any atom is -0.380 e. The maximum absolute atomic E-state index is 13.0. The molecule has 0 spiro atoms. The van der Waals surface area contributed by atoms with Crippen molar-refractivity contribution in [3.05, 3.63) is 68.5 Å². The Morgan fingerprint density at radius 3 is 2.70 bits per heavy atom. The van der Waals surface area contributed by atoms with Crippen LogP contribution in [-0.2, 0) is 6.54 Å². The average Bonchev–Trinajstić information content (AvgIpc) is 2.38. The minimum absolute atomic E-state index is 0.0373. The van der Waals surface area contributed by atoms with Crippen LogP contribution in [0, 0.1) is 22.9 Å². The molecule has 0 atom stereocenters. The topological polar surface area (TPSA) is 55.2 Å². The monoisotopic (exact) mass is 294 g/mol. The van der Waals surface area contributed by atoms with Crippen molar-refractivity contribution in [3.8, 4) is 0 Å². The van der Waals surface area contributed by atoms with Crippen molar-refractivity contribution in [3.63, 3.8) is 0 Å². The zero-order valence-electron chi connectivity index (χ0n) is 10.7. The van der Waals surface area contributed by atoms with Gasteiger partial charge in [0.15, 0.2) is 0 Å². The molecular formula is C14H12ClFN2O2. The third-order valence-corrected chi connectivity index (χ3v) is 3.14. The van der Waals surface area contributed by atoms with Gasteiger partial charge in [-0.1, -0.05) is 11.6 Å². The highest BCUT2D eigenvalue weighted by Gasteiger charge is 2.14. The smallest absolute Gasteiger partial charge is 0.275 e.